The minimum atomic E-state index is 0.215. The molecule has 0 spiro atoms. The maximum Gasteiger partial charge on any atom is 0.223 e. The summed E-state index contributed by atoms with van der Waals surface area (Å²) in [5.74, 6) is 1.89. The van der Waals surface area contributed by atoms with Gasteiger partial charge in [-0.05, 0) is 63.8 Å². The Balaban J connectivity index is 1.25. The minimum Gasteiger partial charge on any atom is -0.353 e. The van der Waals surface area contributed by atoms with E-state index in [4.69, 9.17) is 0 Å². The number of amides is 1. The lowest BCUT2D eigenvalue weighted by Gasteiger charge is -2.37. The first-order valence-corrected chi connectivity index (χ1v) is 13.1. The van der Waals surface area contributed by atoms with Crippen molar-refractivity contribution in [2.75, 3.05) is 27.3 Å². The highest BCUT2D eigenvalue weighted by Gasteiger charge is 2.37. The molecular weight excluding hydrogens is 396 g/mol. The van der Waals surface area contributed by atoms with Gasteiger partial charge in [0.15, 0.2) is 0 Å². The van der Waals surface area contributed by atoms with Crippen LogP contribution in [-0.4, -0.2) is 66.0 Å². The molecule has 2 saturated carbocycles. The number of carbonyl (C=O) groups excluding carboxylic acids is 1. The van der Waals surface area contributed by atoms with Crippen LogP contribution in [0.5, 0.6) is 0 Å². The number of thioether (sulfide) groups is 1. The largest absolute Gasteiger partial charge is 0.353 e. The smallest absolute Gasteiger partial charge is 0.223 e. The van der Waals surface area contributed by atoms with Crippen LogP contribution in [0.2, 0.25) is 0 Å². The quantitative estimate of drug-likeness (QED) is 0.506. The van der Waals surface area contributed by atoms with Crippen molar-refractivity contribution in [2.45, 2.75) is 87.5 Å². The van der Waals surface area contributed by atoms with Gasteiger partial charge >= 0.3 is 0 Å². The summed E-state index contributed by atoms with van der Waals surface area (Å²) in [5, 5.41) is 6.37. The second-order valence-electron chi connectivity index (χ2n) is 10.1. The summed E-state index contributed by atoms with van der Waals surface area (Å²) in [6.45, 7) is 4.34. The van der Waals surface area contributed by atoms with Crippen LogP contribution < -0.4 is 21.6 Å². The molecule has 7 nitrogen and oxygen atoms in total. The average Bonchev–Trinajstić information content (AvgIpc) is 3.36. The number of carbonyl (C=O) groups is 1. The van der Waals surface area contributed by atoms with Gasteiger partial charge in [0.1, 0.15) is 5.50 Å². The Bertz CT molecular complexity index is 580. The number of hydrogen-bond donors (Lipinski definition) is 4. The lowest BCUT2D eigenvalue weighted by molar-refractivity contribution is -0.127. The van der Waals surface area contributed by atoms with Crippen molar-refractivity contribution in [1.82, 2.24) is 31.5 Å². The third kappa shape index (κ3) is 5.51. The lowest BCUT2D eigenvalue weighted by Crippen LogP contribution is -2.46. The topological polar surface area (TPSA) is 71.7 Å². The molecular formula is C22H42N6OS. The zero-order valence-electron chi connectivity index (χ0n) is 19.0. The maximum atomic E-state index is 13.1. The molecule has 8 heteroatoms. The van der Waals surface area contributed by atoms with Crippen molar-refractivity contribution < 1.29 is 4.79 Å². The molecule has 0 radical (unpaired) electrons. The highest BCUT2D eigenvalue weighted by molar-refractivity contribution is 8.00. The Morgan fingerprint density at radius 2 is 1.93 bits per heavy atom. The Hall–Kier alpha value is -0.380. The molecule has 0 aromatic carbocycles. The van der Waals surface area contributed by atoms with E-state index in [0.29, 0.717) is 40.6 Å². The van der Waals surface area contributed by atoms with Crippen molar-refractivity contribution in [2.24, 2.45) is 17.8 Å². The molecule has 4 fully saturated rings. The molecule has 7 atom stereocenters. The van der Waals surface area contributed by atoms with Crippen LogP contribution in [-0.2, 0) is 4.79 Å². The molecule has 2 saturated heterocycles. The summed E-state index contributed by atoms with van der Waals surface area (Å²) in [5.41, 5.74) is 10.4. The zero-order chi connectivity index (χ0) is 21.1. The predicted molar refractivity (Wildman–Crippen MR) is 123 cm³/mol. The molecule has 0 bridgehead atoms. The fraction of sp³-hybridized carbons (Fsp3) is 0.955. The van der Waals surface area contributed by atoms with Crippen molar-refractivity contribution in [3.63, 3.8) is 0 Å². The molecule has 2 aliphatic heterocycles. The highest BCUT2D eigenvalue weighted by Crippen LogP contribution is 2.37. The number of nitrogens with one attached hydrogen (secondary N) is 4. The standard InChI is InChI=1S/C22H42N6OS/c1-15(30-22-26-23-14-27(22)2)16-6-5-9-19(13-16)25-21(29)18-8-4-7-17(12-18)20-10-11-24-28(20)3/h15-20,22-24,26H,4-14H2,1-3H3,(H,25,29)/t15-,16?,17?,18?,19?,20?,22?/m0/s1. The molecule has 1 amide bonds. The summed E-state index contributed by atoms with van der Waals surface area (Å²) in [7, 11) is 4.32. The Labute approximate surface area is 186 Å². The first kappa shape index (κ1) is 22.8. The fourth-order valence-electron chi connectivity index (χ4n) is 6.07. The summed E-state index contributed by atoms with van der Waals surface area (Å²) >= 11 is 2.01. The van der Waals surface area contributed by atoms with E-state index in [9.17, 15) is 4.79 Å². The minimum absolute atomic E-state index is 0.215. The number of rotatable bonds is 6. The van der Waals surface area contributed by atoms with Gasteiger partial charge in [-0.15, -0.1) is 11.8 Å². The third-order valence-corrected chi connectivity index (χ3v) is 9.50. The Morgan fingerprint density at radius 3 is 2.67 bits per heavy atom. The third-order valence-electron chi connectivity index (χ3n) is 7.95. The van der Waals surface area contributed by atoms with Gasteiger partial charge in [-0.25, -0.2) is 15.9 Å². The second-order valence-corrected chi connectivity index (χ2v) is 11.5. The fourth-order valence-corrected chi connectivity index (χ4v) is 7.38. The molecule has 30 heavy (non-hydrogen) atoms. The van der Waals surface area contributed by atoms with E-state index in [1.54, 1.807) is 0 Å². The Morgan fingerprint density at radius 1 is 1.10 bits per heavy atom. The molecule has 2 heterocycles. The van der Waals surface area contributed by atoms with Crippen LogP contribution >= 0.6 is 11.8 Å². The van der Waals surface area contributed by atoms with E-state index in [1.165, 1.54) is 32.1 Å². The molecule has 0 aromatic rings. The normalized spacial score (nSPS) is 39.8. The van der Waals surface area contributed by atoms with Crippen molar-refractivity contribution in [3.8, 4) is 0 Å². The molecule has 4 N–H and O–H groups in total. The van der Waals surface area contributed by atoms with E-state index >= 15 is 0 Å². The maximum absolute atomic E-state index is 13.1. The number of hydrogen-bond acceptors (Lipinski definition) is 7. The van der Waals surface area contributed by atoms with Crippen LogP contribution in [0.4, 0.5) is 0 Å². The van der Waals surface area contributed by atoms with Gasteiger partial charge in [0.05, 0.1) is 6.67 Å². The molecule has 6 unspecified atom stereocenters. The molecule has 2 aliphatic carbocycles. The van der Waals surface area contributed by atoms with Gasteiger partial charge in [-0.3, -0.25) is 15.1 Å². The van der Waals surface area contributed by atoms with E-state index in [1.807, 2.05) is 11.8 Å². The first-order chi connectivity index (χ1) is 14.5. The number of nitrogens with zero attached hydrogens (tertiary/aromatic N) is 2. The van der Waals surface area contributed by atoms with E-state index in [2.05, 4.69) is 52.5 Å². The van der Waals surface area contributed by atoms with Gasteiger partial charge in [-0.2, -0.15) is 0 Å². The van der Waals surface area contributed by atoms with Crippen molar-refractivity contribution in [3.05, 3.63) is 0 Å². The van der Waals surface area contributed by atoms with Crippen LogP contribution in [0.25, 0.3) is 0 Å². The predicted octanol–water partition coefficient (Wildman–Crippen LogP) is 2.08. The Kier molecular flexibility index (Phi) is 7.97. The summed E-state index contributed by atoms with van der Waals surface area (Å²) < 4.78 is 0. The van der Waals surface area contributed by atoms with Gasteiger partial charge in [-0.1, -0.05) is 19.8 Å². The first-order valence-electron chi connectivity index (χ1n) is 12.1. The summed E-state index contributed by atoms with van der Waals surface area (Å²) in [6, 6.07) is 0.970. The second kappa shape index (κ2) is 10.5. The SMILES string of the molecule is C[C@H](SC1NNCN1C)C1CCCC(NC(=O)C2CCCC(C3CCNN3C)C2)C1. The molecule has 4 rings (SSSR count). The highest BCUT2D eigenvalue weighted by atomic mass is 32.2. The van der Waals surface area contributed by atoms with E-state index in [0.717, 1.165) is 38.9 Å². The van der Waals surface area contributed by atoms with E-state index in [-0.39, 0.29) is 5.92 Å². The molecule has 4 aliphatic rings. The van der Waals surface area contributed by atoms with Crippen LogP contribution in [0, 0.1) is 17.8 Å². The number of hydrazine groups is 2. The average molecular weight is 439 g/mol. The van der Waals surface area contributed by atoms with Crippen molar-refractivity contribution >= 4 is 17.7 Å². The summed E-state index contributed by atoms with van der Waals surface area (Å²) in [6.07, 6.45) is 10.6. The molecule has 172 valence electrons. The van der Waals surface area contributed by atoms with Gasteiger partial charge in [0.2, 0.25) is 5.91 Å². The van der Waals surface area contributed by atoms with Gasteiger partial charge < -0.3 is 5.32 Å². The zero-order valence-corrected chi connectivity index (χ0v) is 19.8. The lowest BCUT2D eigenvalue weighted by atomic mass is 9.76. The summed E-state index contributed by atoms with van der Waals surface area (Å²) in [4.78, 5) is 15.4. The van der Waals surface area contributed by atoms with Crippen LogP contribution in [0.3, 0.4) is 0 Å². The van der Waals surface area contributed by atoms with Crippen LogP contribution in [0.15, 0.2) is 0 Å². The monoisotopic (exact) mass is 438 g/mol. The van der Waals surface area contributed by atoms with Crippen LogP contribution in [0.1, 0.15) is 64.7 Å². The van der Waals surface area contributed by atoms with Gasteiger partial charge in [0, 0.05) is 36.8 Å². The molecule has 0 aromatic heterocycles. The van der Waals surface area contributed by atoms with Gasteiger partial charge in [0.25, 0.3) is 0 Å². The van der Waals surface area contributed by atoms with E-state index < -0.39 is 0 Å². The van der Waals surface area contributed by atoms with Crippen molar-refractivity contribution in [1.29, 1.82) is 0 Å².